The monoisotopic (exact) mass is 452 g/mol. The first-order valence-electron chi connectivity index (χ1n) is 10.4. The first-order valence-corrected chi connectivity index (χ1v) is 11.4. The van der Waals surface area contributed by atoms with Crippen molar-refractivity contribution >= 4 is 29.3 Å². The van der Waals surface area contributed by atoms with Crippen LogP contribution < -0.4 is 20.1 Å². The molecule has 2 heterocycles. The van der Waals surface area contributed by atoms with Crippen molar-refractivity contribution in [2.24, 2.45) is 0 Å². The number of fused-ring (bicyclic) bond motifs is 1. The van der Waals surface area contributed by atoms with E-state index in [1.165, 1.54) is 11.8 Å². The minimum atomic E-state index is -0.160. The molecule has 8 nitrogen and oxygen atoms in total. The molecule has 0 bridgehead atoms. The molecule has 4 rings (SSSR count). The Kier molecular flexibility index (Phi) is 6.96. The van der Waals surface area contributed by atoms with Crippen molar-refractivity contribution in [3.05, 3.63) is 60.4 Å². The molecular formula is C23H24N4O4S. The van der Waals surface area contributed by atoms with E-state index in [9.17, 15) is 9.59 Å². The number of anilines is 1. The van der Waals surface area contributed by atoms with E-state index >= 15 is 0 Å². The molecule has 2 N–H and O–H groups in total. The van der Waals surface area contributed by atoms with Crippen LogP contribution in [0.5, 0.6) is 11.5 Å². The molecule has 2 amide bonds. The van der Waals surface area contributed by atoms with Crippen molar-refractivity contribution in [1.82, 2.24) is 14.9 Å². The second-order valence-corrected chi connectivity index (χ2v) is 8.09. The summed E-state index contributed by atoms with van der Waals surface area (Å²) in [4.78, 5) is 29.2. The van der Waals surface area contributed by atoms with Crippen LogP contribution in [0.1, 0.15) is 30.1 Å². The van der Waals surface area contributed by atoms with Crippen molar-refractivity contribution in [3.8, 4) is 17.2 Å². The lowest BCUT2D eigenvalue weighted by molar-refractivity contribution is -0.113. The maximum absolute atomic E-state index is 12.4. The number of aromatic nitrogens is 2. The number of thioether (sulfide) groups is 1. The summed E-state index contributed by atoms with van der Waals surface area (Å²) in [6, 6.07) is 12.6. The average Bonchev–Trinajstić information content (AvgIpc) is 3.47. The molecular weight excluding hydrogens is 428 g/mol. The van der Waals surface area contributed by atoms with Gasteiger partial charge in [0.05, 0.1) is 5.75 Å². The summed E-state index contributed by atoms with van der Waals surface area (Å²) in [5.74, 6) is 1.21. The van der Waals surface area contributed by atoms with Gasteiger partial charge in [0.25, 0.3) is 5.91 Å². The zero-order valence-corrected chi connectivity index (χ0v) is 18.5. The number of benzene rings is 2. The molecule has 3 aromatic rings. The van der Waals surface area contributed by atoms with Crippen LogP contribution in [0.3, 0.4) is 0 Å². The van der Waals surface area contributed by atoms with E-state index < -0.39 is 0 Å². The lowest BCUT2D eigenvalue weighted by Gasteiger charge is -2.10. The van der Waals surface area contributed by atoms with E-state index in [0.717, 1.165) is 18.5 Å². The van der Waals surface area contributed by atoms with Gasteiger partial charge in [-0.15, -0.1) is 0 Å². The van der Waals surface area contributed by atoms with Gasteiger partial charge in [-0.1, -0.05) is 31.2 Å². The first kappa shape index (κ1) is 21.8. The molecule has 0 saturated heterocycles. The maximum Gasteiger partial charge on any atom is 0.251 e. The minimum Gasteiger partial charge on any atom is -0.454 e. The van der Waals surface area contributed by atoms with Crippen molar-refractivity contribution < 1.29 is 19.1 Å². The molecule has 0 spiro atoms. The standard InChI is InChI=1S/C23H24N4O4S/c1-2-3-9-24-22(29)16-5-4-6-18(12-16)27-11-10-25-23(27)32-14-21(28)26-17-7-8-19-20(13-17)31-15-30-19/h4-8,10-13H,2-3,9,14-15H2,1H3,(H,24,29)(H,26,28). The van der Waals surface area contributed by atoms with Gasteiger partial charge >= 0.3 is 0 Å². The van der Waals surface area contributed by atoms with Gasteiger partial charge in [0.15, 0.2) is 16.7 Å². The largest absolute Gasteiger partial charge is 0.454 e. The van der Waals surface area contributed by atoms with Gasteiger partial charge in [-0.2, -0.15) is 0 Å². The Labute approximate surface area is 190 Å². The smallest absolute Gasteiger partial charge is 0.251 e. The number of rotatable bonds is 9. The van der Waals surface area contributed by atoms with Gasteiger partial charge in [0.2, 0.25) is 12.7 Å². The summed E-state index contributed by atoms with van der Waals surface area (Å²) in [7, 11) is 0. The summed E-state index contributed by atoms with van der Waals surface area (Å²) in [6.07, 6.45) is 5.46. The Balaban J connectivity index is 1.38. The summed E-state index contributed by atoms with van der Waals surface area (Å²) >= 11 is 1.32. The summed E-state index contributed by atoms with van der Waals surface area (Å²) < 4.78 is 12.5. The zero-order valence-electron chi connectivity index (χ0n) is 17.7. The van der Waals surface area contributed by atoms with Crippen LogP contribution in [-0.2, 0) is 4.79 Å². The number of imidazole rings is 1. The molecule has 0 saturated carbocycles. The number of hydrogen-bond acceptors (Lipinski definition) is 6. The molecule has 0 fully saturated rings. The number of carbonyl (C=O) groups excluding carboxylic acids is 2. The highest BCUT2D eigenvalue weighted by Gasteiger charge is 2.15. The van der Waals surface area contributed by atoms with Gasteiger partial charge < -0.3 is 20.1 Å². The predicted molar refractivity (Wildman–Crippen MR) is 123 cm³/mol. The molecule has 1 aromatic heterocycles. The second kappa shape index (κ2) is 10.2. The van der Waals surface area contributed by atoms with Crippen molar-refractivity contribution in [3.63, 3.8) is 0 Å². The molecule has 9 heteroatoms. The molecule has 166 valence electrons. The third kappa shape index (κ3) is 5.23. The highest BCUT2D eigenvalue weighted by atomic mass is 32.2. The Morgan fingerprint density at radius 1 is 1.16 bits per heavy atom. The number of ether oxygens (including phenoxy) is 2. The Hall–Kier alpha value is -3.46. The average molecular weight is 453 g/mol. The fourth-order valence-corrected chi connectivity index (χ4v) is 3.95. The summed E-state index contributed by atoms with van der Waals surface area (Å²) in [5.41, 5.74) is 2.04. The molecule has 32 heavy (non-hydrogen) atoms. The molecule has 0 aliphatic carbocycles. The van der Waals surface area contributed by atoms with E-state index in [4.69, 9.17) is 9.47 Å². The number of nitrogens with zero attached hydrogens (tertiary/aromatic N) is 2. The summed E-state index contributed by atoms with van der Waals surface area (Å²) in [5, 5.41) is 6.44. The van der Waals surface area contributed by atoms with E-state index in [1.807, 2.05) is 29.0 Å². The fraction of sp³-hybridized carbons (Fsp3) is 0.261. The lowest BCUT2D eigenvalue weighted by Crippen LogP contribution is -2.24. The SMILES string of the molecule is CCCCNC(=O)c1cccc(-n2ccnc2SCC(=O)Nc2ccc3c(c2)OCO3)c1. The van der Waals surface area contributed by atoms with Crippen LogP contribution in [0.2, 0.25) is 0 Å². The predicted octanol–water partition coefficient (Wildman–Crippen LogP) is 3.86. The minimum absolute atomic E-state index is 0.0993. The Morgan fingerprint density at radius 3 is 2.91 bits per heavy atom. The fourth-order valence-electron chi connectivity index (χ4n) is 3.17. The molecule has 2 aromatic carbocycles. The van der Waals surface area contributed by atoms with Crippen LogP contribution in [0.15, 0.2) is 60.0 Å². The van der Waals surface area contributed by atoms with Crippen LogP contribution in [0.4, 0.5) is 5.69 Å². The second-order valence-electron chi connectivity index (χ2n) is 7.14. The van der Waals surface area contributed by atoms with Crippen molar-refractivity contribution in [1.29, 1.82) is 0 Å². The third-order valence-electron chi connectivity index (χ3n) is 4.80. The van der Waals surface area contributed by atoms with Gasteiger partial charge in [-0.05, 0) is 36.8 Å². The highest BCUT2D eigenvalue weighted by molar-refractivity contribution is 7.99. The third-order valence-corrected chi connectivity index (χ3v) is 5.76. The highest BCUT2D eigenvalue weighted by Crippen LogP contribution is 2.34. The van der Waals surface area contributed by atoms with E-state index in [-0.39, 0.29) is 24.4 Å². The molecule has 0 unspecified atom stereocenters. The molecule has 1 aliphatic rings. The van der Waals surface area contributed by atoms with Gasteiger partial charge in [0, 0.05) is 41.9 Å². The number of carbonyl (C=O) groups is 2. The Bertz CT molecular complexity index is 1110. The van der Waals surface area contributed by atoms with Crippen LogP contribution in [0, 0.1) is 0 Å². The normalized spacial score (nSPS) is 11.9. The number of hydrogen-bond donors (Lipinski definition) is 2. The van der Waals surface area contributed by atoms with Crippen molar-refractivity contribution in [2.75, 3.05) is 24.4 Å². The Morgan fingerprint density at radius 2 is 2.03 bits per heavy atom. The van der Waals surface area contributed by atoms with Crippen LogP contribution >= 0.6 is 11.8 Å². The lowest BCUT2D eigenvalue weighted by atomic mass is 10.2. The first-order chi connectivity index (χ1) is 15.6. The van der Waals surface area contributed by atoms with Crippen LogP contribution in [-0.4, -0.2) is 40.5 Å². The van der Waals surface area contributed by atoms with Gasteiger partial charge in [-0.3, -0.25) is 14.2 Å². The van der Waals surface area contributed by atoms with Gasteiger partial charge in [0.1, 0.15) is 0 Å². The number of nitrogens with one attached hydrogen (secondary N) is 2. The molecule has 0 atom stereocenters. The van der Waals surface area contributed by atoms with Gasteiger partial charge in [-0.25, -0.2) is 4.98 Å². The van der Waals surface area contributed by atoms with E-state index in [2.05, 4.69) is 22.5 Å². The van der Waals surface area contributed by atoms with E-state index in [1.54, 1.807) is 30.5 Å². The quantitative estimate of drug-likeness (QED) is 0.378. The summed E-state index contributed by atoms with van der Waals surface area (Å²) in [6.45, 7) is 2.93. The van der Waals surface area contributed by atoms with E-state index in [0.29, 0.717) is 34.5 Å². The number of amides is 2. The zero-order chi connectivity index (χ0) is 22.3. The number of unbranched alkanes of at least 4 members (excludes halogenated alkanes) is 1. The topological polar surface area (TPSA) is 94.5 Å². The maximum atomic E-state index is 12.4. The molecule has 1 aliphatic heterocycles. The van der Waals surface area contributed by atoms with Crippen molar-refractivity contribution in [2.45, 2.75) is 24.9 Å². The molecule has 0 radical (unpaired) electrons. The van der Waals surface area contributed by atoms with Crippen LogP contribution in [0.25, 0.3) is 5.69 Å².